The summed E-state index contributed by atoms with van der Waals surface area (Å²) < 4.78 is 7.35. The van der Waals surface area contributed by atoms with Crippen molar-refractivity contribution in [3.8, 4) is 16.9 Å². The van der Waals surface area contributed by atoms with Crippen LogP contribution in [0, 0.1) is 0 Å². The van der Waals surface area contributed by atoms with Crippen LogP contribution in [0.2, 0.25) is 5.02 Å². The Morgan fingerprint density at radius 3 is 2.65 bits per heavy atom. The lowest BCUT2D eigenvalue weighted by Gasteiger charge is -2.32. The minimum atomic E-state index is -0.132. The van der Waals surface area contributed by atoms with Gasteiger partial charge in [-0.1, -0.05) is 41.9 Å². The Labute approximate surface area is 204 Å². The molecule has 0 aliphatic carbocycles. The van der Waals surface area contributed by atoms with Crippen LogP contribution in [-0.2, 0) is 6.54 Å². The van der Waals surface area contributed by atoms with Gasteiger partial charge in [-0.3, -0.25) is 9.69 Å². The number of nitrogens with zero attached hydrogens (tertiary/aromatic N) is 3. The first-order valence-corrected chi connectivity index (χ1v) is 11.9. The number of ether oxygens (including phenoxy) is 1. The number of pyridine rings is 1. The molecular formula is C27H27ClN4O2. The number of benzene rings is 2. The van der Waals surface area contributed by atoms with Crippen LogP contribution in [0.3, 0.4) is 0 Å². The molecule has 3 heterocycles. The van der Waals surface area contributed by atoms with Gasteiger partial charge < -0.3 is 14.5 Å². The highest BCUT2D eigenvalue weighted by Gasteiger charge is 2.22. The van der Waals surface area contributed by atoms with Crippen LogP contribution in [-0.4, -0.2) is 46.4 Å². The molecule has 0 saturated carbocycles. The van der Waals surface area contributed by atoms with E-state index in [1.807, 2.05) is 40.9 Å². The van der Waals surface area contributed by atoms with Crippen molar-refractivity contribution >= 4 is 23.2 Å². The molecule has 1 fully saturated rings. The van der Waals surface area contributed by atoms with Crippen LogP contribution >= 0.6 is 11.6 Å². The van der Waals surface area contributed by atoms with E-state index in [9.17, 15) is 4.79 Å². The van der Waals surface area contributed by atoms with Gasteiger partial charge in [0.15, 0.2) is 0 Å². The molecule has 0 radical (unpaired) electrons. The highest BCUT2D eigenvalue weighted by atomic mass is 35.5. The lowest BCUT2D eigenvalue weighted by Crippen LogP contribution is -2.44. The molecule has 7 heteroatoms. The van der Waals surface area contributed by atoms with Gasteiger partial charge in [0.25, 0.3) is 5.91 Å². The molecule has 34 heavy (non-hydrogen) atoms. The summed E-state index contributed by atoms with van der Waals surface area (Å²) in [4.78, 5) is 19.9. The van der Waals surface area contributed by atoms with Crippen LogP contribution in [0.5, 0.6) is 5.75 Å². The standard InChI is InChI=1S/C27H27ClN4O2/c1-34-25-9-8-21(28)15-23(25)20-7-10-26-30-24(18-32(26)17-20)27(33)29-22-11-13-31(14-12-22)16-19-5-3-2-4-6-19/h2-10,15,17-18,22H,11-14,16H2,1H3,(H,29,33). The lowest BCUT2D eigenvalue weighted by atomic mass is 10.0. The predicted octanol–water partition coefficient (Wildman–Crippen LogP) is 5.06. The molecule has 0 spiro atoms. The van der Waals surface area contributed by atoms with Gasteiger partial charge in [0.2, 0.25) is 0 Å². The Hall–Kier alpha value is -3.35. The van der Waals surface area contributed by atoms with E-state index in [2.05, 4.69) is 39.5 Å². The van der Waals surface area contributed by atoms with Gasteiger partial charge in [-0.25, -0.2) is 4.98 Å². The molecule has 1 aliphatic heterocycles. The number of methoxy groups -OCH3 is 1. The molecule has 0 atom stereocenters. The van der Waals surface area contributed by atoms with Crippen LogP contribution in [0.1, 0.15) is 28.9 Å². The summed E-state index contributed by atoms with van der Waals surface area (Å²) >= 11 is 6.20. The van der Waals surface area contributed by atoms with E-state index >= 15 is 0 Å². The van der Waals surface area contributed by atoms with E-state index in [-0.39, 0.29) is 11.9 Å². The molecule has 2 aromatic heterocycles. The molecule has 0 unspecified atom stereocenters. The first-order valence-electron chi connectivity index (χ1n) is 11.5. The Bertz CT molecular complexity index is 1300. The zero-order valence-corrected chi connectivity index (χ0v) is 19.8. The summed E-state index contributed by atoms with van der Waals surface area (Å²) in [6.45, 7) is 2.89. The molecule has 2 aromatic carbocycles. The second kappa shape index (κ2) is 9.87. The number of aromatic nitrogens is 2. The summed E-state index contributed by atoms with van der Waals surface area (Å²) in [5.74, 6) is 0.604. The van der Waals surface area contributed by atoms with E-state index in [1.165, 1.54) is 5.56 Å². The average Bonchev–Trinajstić information content (AvgIpc) is 3.30. The minimum absolute atomic E-state index is 0.132. The first-order chi connectivity index (χ1) is 16.6. The van der Waals surface area contributed by atoms with Gasteiger partial charge in [-0.15, -0.1) is 0 Å². The van der Waals surface area contributed by atoms with Crippen LogP contribution in [0.15, 0.2) is 73.1 Å². The van der Waals surface area contributed by atoms with Gasteiger partial charge >= 0.3 is 0 Å². The molecule has 4 aromatic rings. The predicted molar refractivity (Wildman–Crippen MR) is 134 cm³/mol. The first kappa shape index (κ1) is 22.4. The van der Waals surface area contributed by atoms with Crippen LogP contribution in [0.25, 0.3) is 16.8 Å². The number of halogens is 1. The van der Waals surface area contributed by atoms with Gasteiger partial charge in [0.05, 0.1) is 7.11 Å². The van der Waals surface area contributed by atoms with Gasteiger partial charge in [-0.05, 0) is 48.7 Å². The third-order valence-corrected chi connectivity index (χ3v) is 6.56. The van der Waals surface area contributed by atoms with Crippen molar-refractivity contribution in [2.45, 2.75) is 25.4 Å². The number of likely N-dealkylation sites (tertiary alicyclic amines) is 1. The van der Waals surface area contributed by atoms with E-state index in [0.717, 1.165) is 49.4 Å². The molecular weight excluding hydrogens is 448 g/mol. The van der Waals surface area contributed by atoms with Crippen molar-refractivity contribution < 1.29 is 9.53 Å². The third-order valence-electron chi connectivity index (χ3n) is 6.33. The van der Waals surface area contributed by atoms with E-state index in [0.29, 0.717) is 16.4 Å². The van der Waals surface area contributed by atoms with E-state index in [4.69, 9.17) is 16.3 Å². The molecule has 1 aliphatic rings. The second-order valence-corrected chi connectivity index (χ2v) is 9.10. The third kappa shape index (κ3) is 4.93. The van der Waals surface area contributed by atoms with Crippen molar-refractivity contribution in [3.05, 3.63) is 89.3 Å². The molecule has 174 valence electrons. The molecule has 6 nitrogen and oxygen atoms in total. The second-order valence-electron chi connectivity index (χ2n) is 8.66. The van der Waals surface area contributed by atoms with Crippen molar-refractivity contribution in [2.24, 2.45) is 0 Å². The summed E-state index contributed by atoms with van der Waals surface area (Å²) in [5.41, 5.74) is 4.28. The topological polar surface area (TPSA) is 58.9 Å². The molecule has 1 amide bonds. The summed E-state index contributed by atoms with van der Waals surface area (Å²) in [6, 6.07) is 20.0. The largest absolute Gasteiger partial charge is 0.496 e. The Morgan fingerprint density at radius 1 is 1.09 bits per heavy atom. The fourth-order valence-corrected chi connectivity index (χ4v) is 4.67. The number of piperidine rings is 1. The highest BCUT2D eigenvalue weighted by Crippen LogP contribution is 2.32. The Balaban J connectivity index is 1.24. The molecule has 1 saturated heterocycles. The average molecular weight is 475 g/mol. The minimum Gasteiger partial charge on any atom is -0.496 e. The molecule has 5 rings (SSSR count). The van der Waals surface area contributed by atoms with Gasteiger partial charge in [0, 0.05) is 54.2 Å². The van der Waals surface area contributed by atoms with E-state index < -0.39 is 0 Å². The van der Waals surface area contributed by atoms with Crippen LogP contribution in [0.4, 0.5) is 0 Å². The smallest absolute Gasteiger partial charge is 0.271 e. The number of amides is 1. The number of hydrogen-bond donors (Lipinski definition) is 1. The van der Waals surface area contributed by atoms with Gasteiger partial charge in [0.1, 0.15) is 17.1 Å². The Kier molecular flexibility index (Phi) is 6.52. The number of hydrogen-bond acceptors (Lipinski definition) is 4. The number of nitrogens with one attached hydrogen (secondary N) is 1. The number of imidazole rings is 1. The summed E-state index contributed by atoms with van der Waals surface area (Å²) in [6.07, 6.45) is 5.58. The number of carbonyl (C=O) groups excluding carboxylic acids is 1. The van der Waals surface area contributed by atoms with Gasteiger partial charge in [-0.2, -0.15) is 0 Å². The molecule has 1 N–H and O–H groups in total. The number of fused-ring (bicyclic) bond motifs is 1. The Morgan fingerprint density at radius 2 is 1.88 bits per heavy atom. The van der Waals surface area contributed by atoms with Crippen LogP contribution < -0.4 is 10.1 Å². The maximum Gasteiger partial charge on any atom is 0.271 e. The number of carbonyl (C=O) groups is 1. The maximum atomic E-state index is 12.9. The number of rotatable bonds is 6. The monoisotopic (exact) mass is 474 g/mol. The zero-order valence-electron chi connectivity index (χ0n) is 19.1. The normalized spacial score (nSPS) is 14.9. The molecule has 0 bridgehead atoms. The summed E-state index contributed by atoms with van der Waals surface area (Å²) in [5, 5.41) is 3.81. The highest BCUT2D eigenvalue weighted by molar-refractivity contribution is 6.31. The van der Waals surface area contributed by atoms with Crippen molar-refractivity contribution in [1.82, 2.24) is 19.6 Å². The quantitative estimate of drug-likeness (QED) is 0.424. The zero-order chi connectivity index (χ0) is 23.5. The van der Waals surface area contributed by atoms with Crippen molar-refractivity contribution in [2.75, 3.05) is 20.2 Å². The lowest BCUT2D eigenvalue weighted by molar-refractivity contribution is 0.0904. The van der Waals surface area contributed by atoms with Crippen molar-refractivity contribution in [1.29, 1.82) is 0 Å². The summed E-state index contributed by atoms with van der Waals surface area (Å²) in [7, 11) is 1.64. The van der Waals surface area contributed by atoms with Crippen molar-refractivity contribution in [3.63, 3.8) is 0 Å². The fourth-order valence-electron chi connectivity index (χ4n) is 4.50. The van der Waals surface area contributed by atoms with E-state index in [1.54, 1.807) is 19.4 Å². The maximum absolute atomic E-state index is 12.9. The SMILES string of the molecule is COc1ccc(Cl)cc1-c1ccc2nc(C(=O)NC3CCN(Cc4ccccc4)CC3)cn2c1. The fraction of sp³-hybridized carbons (Fsp3) is 0.259.